The van der Waals surface area contributed by atoms with Crippen LogP contribution in [0, 0.1) is 6.92 Å². The molecule has 0 heterocycles. The lowest BCUT2D eigenvalue weighted by molar-refractivity contribution is 0.0853. The first-order valence-corrected chi connectivity index (χ1v) is 6.28. The van der Waals surface area contributed by atoms with E-state index in [1.165, 1.54) is 6.07 Å². The van der Waals surface area contributed by atoms with E-state index in [9.17, 15) is 9.90 Å². The zero-order valence-corrected chi connectivity index (χ0v) is 10.5. The zero-order chi connectivity index (χ0) is 12.5. The lowest BCUT2D eigenvalue weighted by Crippen LogP contribution is -2.55. The quantitative estimate of drug-likeness (QED) is 0.814. The van der Waals surface area contributed by atoms with Gasteiger partial charge in [0.15, 0.2) is 0 Å². The predicted molar refractivity (Wildman–Crippen MR) is 67.6 cm³/mol. The van der Waals surface area contributed by atoms with Crippen molar-refractivity contribution in [1.82, 2.24) is 5.32 Å². The number of carbonyl (C=O) groups is 1. The average molecular weight is 254 g/mol. The van der Waals surface area contributed by atoms with E-state index in [4.69, 9.17) is 11.6 Å². The number of halogens is 1. The fourth-order valence-electron chi connectivity index (χ4n) is 2.11. The largest absolute Gasteiger partial charge is 0.508 e. The number of hydrogen-bond acceptors (Lipinski definition) is 2. The van der Waals surface area contributed by atoms with Crippen molar-refractivity contribution in [2.45, 2.75) is 31.7 Å². The zero-order valence-electron chi connectivity index (χ0n) is 9.79. The topological polar surface area (TPSA) is 49.3 Å². The van der Waals surface area contributed by atoms with Crippen LogP contribution in [0.3, 0.4) is 0 Å². The van der Waals surface area contributed by atoms with Gasteiger partial charge in [0.2, 0.25) is 0 Å². The fourth-order valence-corrected chi connectivity index (χ4v) is 2.44. The maximum Gasteiger partial charge on any atom is 0.252 e. The Balaban J connectivity index is 2.14. The van der Waals surface area contributed by atoms with E-state index < -0.39 is 0 Å². The lowest BCUT2D eigenvalue weighted by atomic mass is 9.78. The van der Waals surface area contributed by atoms with Crippen LogP contribution in [-0.2, 0) is 0 Å². The number of alkyl halides is 1. The molecule has 4 heteroatoms. The van der Waals surface area contributed by atoms with Crippen LogP contribution in [0.1, 0.15) is 35.2 Å². The van der Waals surface area contributed by atoms with E-state index in [0.717, 1.165) is 24.8 Å². The number of hydrogen-bond donors (Lipinski definition) is 2. The highest BCUT2D eigenvalue weighted by molar-refractivity contribution is 6.19. The molecule has 17 heavy (non-hydrogen) atoms. The van der Waals surface area contributed by atoms with E-state index >= 15 is 0 Å². The molecule has 0 aromatic heterocycles. The molecule has 0 radical (unpaired) electrons. The van der Waals surface area contributed by atoms with Gasteiger partial charge in [-0.25, -0.2) is 0 Å². The van der Waals surface area contributed by atoms with Crippen LogP contribution >= 0.6 is 11.6 Å². The summed E-state index contributed by atoms with van der Waals surface area (Å²) in [6.07, 6.45) is 3.00. The third-order valence-electron chi connectivity index (χ3n) is 3.40. The van der Waals surface area contributed by atoms with Gasteiger partial charge in [0.05, 0.1) is 5.54 Å². The minimum Gasteiger partial charge on any atom is -0.508 e. The van der Waals surface area contributed by atoms with E-state index in [1.54, 1.807) is 12.1 Å². The third-order valence-corrected chi connectivity index (χ3v) is 3.91. The maximum atomic E-state index is 12.1. The number of carbonyl (C=O) groups excluding carboxylic acids is 1. The van der Waals surface area contributed by atoms with Gasteiger partial charge in [-0.15, -0.1) is 11.6 Å². The lowest BCUT2D eigenvalue weighted by Gasteiger charge is -2.41. The number of phenols is 1. The minimum absolute atomic E-state index is 0.108. The van der Waals surface area contributed by atoms with Gasteiger partial charge >= 0.3 is 0 Å². The second kappa shape index (κ2) is 4.57. The number of phenolic OH excluding ortho intramolecular Hbond substituents is 1. The Hall–Kier alpha value is -1.22. The average Bonchev–Trinajstić information content (AvgIpc) is 2.23. The summed E-state index contributed by atoms with van der Waals surface area (Å²) < 4.78 is 0. The molecule has 1 aromatic rings. The second-order valence-electron chi connectivity index (χ2n) is 4.72. The number of amides is 1. The molecule has 2 N–H and O–H groups in total. The van der Waals surface area contributed by atoms with Gasteiger partial charge in [0.25, 0.3) is 5.91 Å². The van der Waals surface area contributed by atoms with Gasteiger partial charge in [0, 0.05) is 11.4 Å². The Morgan fingerprint density at radius 1 is 1.53 bits per heavy atom. The number of aryl methyl sites for hydroxylation is 1. The summed E-state index contributed by atoms with van der Waals surface area (Å²) in [4.78, 5) is 12.1. The molecule has 1 fully saturated rings. The summed E-state index contributed by atoms with van der Waals surface area (Å²) in [5.41, 5.74) is 1.15. The van der Waals surface area contributed by atoms with Gasteiger partial charge in [0.1, 0.15) is 5.75 Å². The SMILES string of the molecule is Cc1cc(O)ccc1C(=O)NC1(CCl)CCC1. The molecule has 0 saturated heterocycles. The van der Waals surface area contributed by atoms with Crippen molar-refractivity contribution < 1.29 is 9.90 Å². The van der Waals surface area contributed by atoms with Gasteiger partial charge in [-0.1, -0.05) is 0 Å². The van der Waals surface area contributed by atoms with Crippen molar-refractivity contribution in [2.24, 2.45) is 0 Å². The highest BCUT2D eigenvalue weighted by atomic mass is 35.5. The Labute approximate surface area is 106 Å². The van der Waals surface area contributed by atoms with Crippen molar-refractivity contribution >= 4 is 17.5 Å². The van der Waals surface area contributed by atoms with Crippen molar-refractivity contribution in [3.8, 4) is 5.75 Å². The molecule has 1 aromatic carbocycles. The standard InChI is InChI=1S/C13H16ClNO2/c1-9-7-10(16)3-4-11(9)12(17)15-13(8-14)5-2-6-13/h3-4,7,16H,2,5-6,8H2,1H3,(H,15,17). The summed E-state index contributed by atoms with van der Waals surface area (Å²) in [5.74, 6) is 0.521. The number of nitrogens with one attached hydrogen (secondary N) is 1. The fraction of sp³-hybridized carbons (Fsp3) is 0.462. The molecular weight excluding hydrogens is 238 g/mol. The van der Waals surface area contributed by atoms with Crippen molar-refractivity contribution in [3.05, 3.63) is 29.3 Å². The molecule has 0 atom stereocenters. The minimum atomic E-state index is -0.219. The van der Waals surface area contributed by atoms with Crippen LogP contribution < -0.4 is 5.32 Å². The van der Waals surface area contributed by atoms with Gasteiger partial charge in [-0.3, -0.25) is 4.79 Å². The molecular formula is C13H16ClNO2. The summed E-state index contributed by atoms with van der Waals surface area (Å²) in [7, 11) is 0. The molecule has 2 rings (SSSR count). The van der Waals surface area contributed by atoms with E-state index in [1.807, 2.05) is 6.92 Å². The number of benzene rings is 1. The van der Waals surface area contributed by atoms with Crippen molar-refractivity contribution in [3.63, 3.8) is 0 Å². The van der Waals surface area contributed by atoms with Gasteiger partial charge in [-0.2, -0.15) is 0 Å². The molecule has 0 aliphatic heterocycles. The maximum absolute atomic E-state index is 12.1. The van der Waals surface area contributed by atoms with Crippen molar-refractivity contribution in [1.29, 1.82) is 0 Å². The monoisotopic (exact) mass is 253 g/mol. The smallest absolute Gasteiger partial charge is 0.252 e. The summed E-state index contributed by atoms with van der Waals surface area (Å²) >= 11 is 5.90. The Morgan fingerprint density at radius 3 is 2.71 bits per heavy atom. The highest BCUT2D eigenvalue weighted by Crippen LogP contribution is 2.33. The molecule has 1 saturated carbocycles. The molecule has 1 amide bonds. The third kappa shape index (κ3) is 2.39. The Bertz CT molecular complexity index is 436. The van der Waals surface area contributed by atoms with Gasteiger partial charge in [-0.05, 0) is 49.9 Å². The second-order valence-corrected chi connectivity index (χ2v) is 4.99. The highest BCUT2D eigenvalue weighted by Gasteiger charge is 2.37. The van der Waals surface area contributed by atoms with Crippen molar-refractivity contribution in [2.75, 3.05) is 5.88 Å². The van der Waals surface area contributed by atoms with Crippen LogP contribution in [-0.4, -0.2) is 22.4 Å². The molecule has 3 nitrogen and oxygen atoms in total. The Morgan fingerprint density at radius 2 is 2.24 bits per heavy atom. The van der Waals surface area contributed by atoms with Crippen LogP contribution in [0.15, 0.2) is 18.2 Å². The molecule has 0 unspecified atom stereocenters. The first-order valence-electron chi connectivity index (χ1n) is 5.74. The molecule has 92 valence electrons. The first kappa shape index (κ1) is 12.2. The molecule has 1 aliphatic rings. The normalized spacial score (nSPS) is 17.3. The molecule has 0 spiro atoms. The van der Waals surface area contributed by atoms with Crippen LogP contribution in [0.4, 0.5) is 0 Å². The number of rotatable bonds is 3. The first-order chi connectivity index (χ1) is 8.06. The van der Waals surface area contributed by atoms with Crippen LogP contribution in [0.2, 0.25) is 0 Å². The summed E-state index contributed by atoms with van der Waals surface area (Å²) in [5, 5.41) is 12.3. The summed E-state index contributed by atoms with van der Waals surface area (Å²) in [6.45, 7) is 1.81. The summed E-state index contributed by atoms with van der Waals surface area (Å²) in [6, 6.07) is 4.75. The van der Waals surface area contributed by atoms with Gasteiger partial charge < -0.3 is 10.4 Å². The number of aromatic hydroxyl groups is 1. The van der Waals surface area contributed by atoms with Crippen LogP contribution in [0.25, 0.3) is 0 Å². The molecule has 0 bridgehead atoms. The molecule has 1 aliphatic carbocycles. The van der Waals surface area contributed by atoms with Crippen LogP contribution in [0.5, 0.6) is 5.75 Å². The van der Waals surface area contributed by atoms with E-state index in [0.29, 0.717) is 11.4 Å². The predicted octanol–water partition coefficient (Wildman–Crippen LogP) is 2.59. The van der Waals surface area contributed by atoms with E-state index in [-0.39, 0.29) is 17.2 Å². The van der Waals surface area contributed by atoms with E-state index in [2.05, 4.69) is 5.32 Å². The Kier molecular flexibility index (Phi) is 3.29.